The van der Waals surface area contributed by atoms with Gasteiger partial charge in [-0.2, -0.15) is 4.98 Å². The number of hydrogen-bond acceptors (Lipinski definition) is 6. The maximum Gasteiger partial charge on any atom is 0.247 e. The van der Waals surface area contributed by atoms with E-state index in [0.29, 0.717) is 23.0 Å². The minimum Gasteiger partial charge on any atom is -0.323 e. The number of aromatic nitrogens is 4. The second-order valence-electron chi connectivity index (χ2n) is 7.09. The summed E-state index contributed by atoms with van der Waals surface area (Å²) in [5, 5.41) is 12.7. The van der Waals surface area contributed by atoms with Crippen LogP contribution in [-0.2, 0) is 10.0 Å². The molecule has 0 bridgehead atoms. The first kappa shape index (κ1) is 19.9. The average molecular weight is 443 g/mol. The van der Waals surface area contributed by atoms with Crippen LogP contribution in [0.4, 0.5) is 11.6 Å². The zero-order chi connectivity index (χ0) is 22.1. The van der Waals surface area contributed by atoms with E-state index >= 15 is 0 Å². The smallest absolute Gasteiger partial charge is 0.247 e. The van der Waals surface area contributed by atoms with Crippen molar-refractivity contribution in [1.29, 1.82) is 0 Å². The summed E-state index contributed by atoms with van der Waals surface area (Å²) < 4.78 is 24.5. The minimum atomic E-state index is -3.75. The predicted octanol–water partition coefficient (Wildman–Crippen LogP) is 3.85. The van der Waals surface area contributed by atoms with E-state index in [1.54, 1.807) is 29.0 Å². The molecule has 5 aromatic rings. The third-order valence-corrected chi connectivity index (χ3v) is 5.89. The van der Waals surface area contributed by atoms with Gasteiger partial charge in [-0.15, -0.1) is 5.10 Å². The van der Waals surface area contributed by atoms with Crippen LogP contribution in [0.25, 0.3) is 28.0 Å². The van der Waals surface area contributed by atoms with Crippen molar-refractivity contribution in [3.05, 3.63) is 91.3 Å². The Hall–Kier alpha value is -4.08. The van der Waals surface area contributed by atoms with Gasteiger partial charge in [0.2, 0.25) is 16.0 Å². The van der Waals surface area contributed by atoms with Gasteiger partial charge < -0.3 is 5.32 Å². The Morgan fingerprint density at radius 3 is 2.25 bits per heavy atom. The maximum atomic E-state index is 11.4. The molecule has 3 aromatic carbocycles. The highest BCUT2D eigenvalue weighted by atomic mass is 32.2. The van der Waals surface area contributed by atoms with E-state index < -0.39 is 10.0 Å². The van der Waals surface area contributed by atoms with Gasteiger partial charge in [0.1, 0.15) is 5.69 Å². The van der Waals surface area contributed by atoms with Gasteiger partial charge in [0.15, 0.2) is 5.65 Å². The lowest BCUT2D eigenvalue weighted by Crippen LogP contribution is -2.11. The molecular weight excluding hydrogens is 424 g/mol. The molecule has 0 spiro atoms. The van der Waals surface area contributed by atoms with Gasteiger partial charge in [-0.05, 0) is 35.4 Å². The quantitative estimate of drug-likeness (QED) is 0.427. The molecule has 0 amide bonds. The first-order chi connectivity index (χ1) is 15.5. The largest absolute Gasteiger partial charge is 0.323 e. The van der Waals surface area contributed by atoms with E-state index in [1.165, 1.54) is 12.1 Å². The van der Waals surface area contributed by atoms with Crippen molar-refractivity contribution in [3.8, 4) is 22.4 Å². The van der Waals surface area contributed by atoms with Crippen LogP contribution in [-0.4, -0.2) is 28.0 Å². The number of hydrogen-bond donors (Lipinski definition) is 2. The summed E-state index contributed by atoms with van der Waals surface area (Å²) in [6.45, 7) is 0. The molecule has 3 N–H and O–H groups in total. The molecule has 0 fully saturated rings. The molecule has 32 heavy (non-hydrogen) atoms. The number of fused-ring (bicyclic) bond motifs is 1. The van der Waals surface area contributed by atoms with Crippen LogP contribution in [0.2, 0.25) is 0 Å². The van der Waals surface area contributed by atoms with Gasteiger partial charge in [0, 0.05) is 23.6 Å². The van der Waals surface area contributed by atoms with Gasteiger partial charge in [0.05, 0.1) is 4.90 Å². The lowest BCUT2D eigenvalue weighted by molar-refractivity contribution is 0.598. The van der Waals surface area contributed by atoms with Gasteiger partial charge in [0.25, 0.3) is 0 Å². The molecule has 0 aliphatic rings. The molecule has 0 saturated carbocycles. The van der Waals surface area contributed by atoms with Crippen LogP contribution in [0.5, 0.6) is 0 Å². The fraction of sp³-hybridized carbons (Fsp3) is 0. The van der Waals surface area contributed by atoms with Crippen LogP contribution < -0.4 is 10.5 Å². The lowest BCUT2D eigenvalue weighted by atomic mass is 9.98. The highest BCUT2D eigenvalue weighted by Crippen LogP contribution is 2.32. The lowest BCUT2D eigenvalue weighted by Gasteiger charge is -2.09. The summed E-state index contributed by atoms with van der Waals surface area (Å²) in [6, 6.07) is 24.2. The Labute approximate surface area is 184 Å². The van der Waals surface area contributed by atoms with Gasteiger partial charge in [-0.3, -0.25) is 4.98 Å². The molecule has 0 unspecified atom stereocenters. The first-order valence-electron chi connectivity index (χ1n) is 9.75. The van der Waals surface area contributed by atoms with Crippen LogP contribution in [0, 0.1) is 0 Å². The first-order valence-corrected chi connectivity index (χ1v) is 11.3. The molecule has 0 radical (unpaired) electrons. The van der Waals surface area contributed by atoms with E-state index in [2.05, 4.69) is 38.6 Å². The van der Waals surface area contributed by atoms with Crippen LogP contribution in [0.15, 0.2) is 96.2 Å². The number of sulfonamides is 1. The predicted molar refractivity (Wildman–Crippen MR) is 123 cm³/mol. The number of primary sulfonamides is 1. The zero-order valence-corrected chi connectivity index (χ0v) is 17.6. The highest BCUT2D eigenvalue weighted by Gasteiger charge is 2.15. The number of benzene rings is 3. The van der Waals surface area contributed by atoms with Crippen molar-refractivity contribution in [2.24, 2.45) is 5.14 Å². The minimum absolute atomic E-state index is 0.0371. The summed E-state index contributed by atoms with van der Waals surface area (Å²) in [4.78, 5) is 9.25. The molecule has 0 aliphatic heterocycles. The Kier molecular flexibility index (Phi) is 4.89. The number of rotatable bonds is 5. The number of nitrogens with zero attached hydrogens (tertiary/aromatic N) is 4. The van der Waals surface area contributed by atoms with Crippen molar-refractivity contribution < 1.29 is 8.42 Å². The molecule has 2 aromatic heterocycles. The molecule has 0 aliphatic carbocycles. The Morgan fingerprint density at radius 2 is 1.53 bits per heavy atom. The van der Waals surface area contributed by atoms with Gasteiger partial charge in [-0.25, -0.2) is 18.1 Å². The zero-order valence-electron chi connectivity index (χ0n) is 16.8. The number of nitrogens with two attached hydrogens (primary N) is 1. The average Bonchev–Trinajstić information content (AvgIpc) is 3.22. The molecule has 0 atom stereocenters. The molecule has 0 saturated heterocycles. The summed E-state index contributed by atoms with van der Waals surface area (Å²) in [7, 11) is -3.75. The molecule has 8 nitrogen and oxygen atoms in total. The van der Waals surface area contributed by atoms with E-state index in [0.717, 1.165) is 16.7 Å². The monoisotopic (exact) mass is 442 g/mol. The van der Waals surface area contributed by atoms with Gasteiger partial charge >= 0.3 is 0 Å². The van der Waals surface area contributed by atoms with E-state index in [1.807, 2.05) is 36.4 Å². The Bertz CT molecular complexity index is 1510. The standard InChI is InChI=1S/C23H18N6O2S/c24-32(30,31)18-12-10-17(11-13-18)26-23-27-22-21(25-14-15-29(22)28-23)20-9-5-4-8-19(20)16-6-2-1-3-7-16/h1-15H,(H,26,28)(H2,24,30,31). The van der Waals surface area contributed by atoms with Crippen molar-refractivity contribution in [2.75, 3.05) is 5.32 Å². The third kappa shape index (κ3) is 3.82. The van der Waals surface area contributed by atoms with E-state index in [9.17, 15) is 8.42 Å². The summed E-state index contributed by atoms with van der Waals surface area (Å²) >= 11 is 0. The molecule has 158 valence electrons. The number of anilines is 2. The van der Waals surface area contributed by atoms with E-state index in [-0.39, 0.29) is 4.90 Å². The van der Waals surface area contributed by atoms with Crippen molar-refractivity contribution >= 4 is 27.3 Å². The van der Waals surface area contributed by atoms with Crippen LogP contribution >= 0.6 is 0 Å². The van der Waals surface area contributed by atoms with Crippen molar-refractivity contribution in [3.63, 3.8) is 0 Å². The number of nitrogens with one attached hydrogen (secondary N) is 1. The molecule has 9 heteroatoms. The second-order valence-corrected chi connectivity index (χ2v) is 8.65. The second kappa shape index (κ2) is 7.88. The Morgan fingerprint density at radius 1 is 0.844 bits per heavy atom. The fourth-order valence-electron chi connectivity index (χ4n) is 3.48. The van der Waals surface area contributed by atoms with Crippen molar-refractivity contribution in [2.45, 2.75) is 4.90 Å². The normalized spacial score (nSPS) is 11.5. The third-order valence-electron chi connectivity index (χ3n) is 4.96. The Balaban J connectivity index is 1.54. The van der Waals surface area contributed by atoms with E-state index in [4.69, 9.17) is 5.14 Å². The SMILES string of the molecule is NS(=O)(=O)c1ccc(Nc2nc3c(-c4ccccc4-c4ccccc4)nccn3n2)cc1. The topological polar surface area (TPSA) is 115 Å². The molecule has 5 rings (SSSR count). The maximum absolute atomic E-state index is 11.4. The summed E-state index contributed by atoms with van der Waals surface area (Å²) in [5.74, 6) is 0.361. The molecular formula is C23H18N6O2S. The highest BCUT2D eigenvalue weighted by molar-refractivity contribution is 7.89. The van der Waals surface area contributed by atoms with Gasteiger partial charge in [-0.1, -0.05) is 54.6 Å². The fourth-order valence-corrected chi connectivity index (χ4v) is 3.99. The van der Waals surface area contributed by atoms with Crippen molar-refractivity contribution in [1.82, 2.24) is 19.6 Å². The van der Waals surface area contributed by atoms with Crippen LogP contribution in [0.3, 0.4) is 0 Å². The summed E-state index contributed by atoms with van der Waals surface area (Å²) in [5.41, 5.74) is 5.01. The molecule has 2 heterocycles. The van der Waals surface area contributed by atoms with Crippen LogP contribution in [0.1, 0.15) is 0 Å². The summed E-state index contributed by atoms with van der Waals surface area (Å²) in [6.07, 6.45) is 3.41.